The number of anilines is 2. The van der Waals surface area contributed by atoms with Gasteiger partial charge in [0, 0.05) is 6.54 Å². The summed E-state index contributed by atoms with van der Waals surface area (Å²) in [5.41, 5.74) is 7.60. The molecule has 0 saturated carbocycles. The van der Waals surface area contributed by atoms with E-state index >= 15 is 0 Å². The number of benzene rings is 2. The molecule has 1 aromatic heterocycles. The van der Waals surface area contributed by atoms with E-state index in [1.54, 1.807) is 0 Å². The van der Waals surface area contributed by atoms with Crippen molar-refractivity contribution in [1.29, 1.82) is 5.26 Å². The van der Waals surface area contributed by atoms with Crippen LogP contribution in [-0.4, -0.2) is 21.2 Å². The number of nitrogens with zero attached hydrogens (tertiary/aromatic N) is 4. The molecule has 0 fully saturated rings. The number of aromatic nitrogens is 2. The number of nitrogens with two attached hydrogens (primary N) is 1. The number of nitrogens with one attached hydrogen (secondary N) is 1. The van der Waals surface area contributed by atoms with Crippen molar-refractivity contribution in [2.75, 3.05) is 17.6 Å². The van der Waals surface area contributed by atoms with E-state index < -0.39 is 10.7 Å². The summed E-state index contributed by atoms with van der Waals surface area (Å²) < 4.78 is 14.7. The van der Waals surface area contributed by atoms with Gasteiger partial charge < -0.3 is 11.1 Å². The zero-order valence-corrected chi connectivity index (χ0v) is 14.8. The summed E-state index contributed by atoms with van der Waals surface area (Å²) in [5.74, 6) is -0.399. The molecule has 1 heterocycles. The van der Waals surface area contributed by atoms with Crippen LogP contribution in [0.4, 0.5) is 21.6 Å². The Morgan fingerprint density at radius 1 is 1.29 bits per heavy atom. The van der Waals surface area contributed by atoms with Crippen LogP contribution in [0.25, 0.3) is 5.69 Å². The predicted octanol–water partition coefficient (Wildman–Crippen LogP) is 3.42. The maximum absolute atomic E-state index is 13.2. The zero-order chi connectivity index (χ0) is 20.1. The molecule has 3 aromatic rings. The van der Waals surface area contributed by atoms with E-state index in [2.05, 4.69) is 16.5 Å². The van der Waals surface area contributed by atoms with Crippen molar-refractivity contribution in [2.45, 2.75) is 12.8 Å². The van der Waals surface area contributed by atoms with Gasteiger partial charge in [0.15, 0.2) is 0 Å². The van der Waals surface area contributed by atoms with Crippen LogP contribution in [0.2, 0.25) is 0 Å². The third-order valence-electron chi connectivity index (χ3n) is 4.17. The Morgan fingerprint density at radius 2 is 2.04 bits per heavy atom. The lowest BCUT2D eigenvalue weighted by Crippen LogP contribution is -2.06. The highest BCUT2D eigenvalue weighted by Gasteiger charge is 2.17. The number of rotatable bonds is 7. The highest BCUT2D eigenvalue weighted by atomic mass is 19.1. The monoisotopic (exact) mass is 380 g/mol. The molecule has 0 aliphatic carbocycles. The van der Waals surface area contributed by atoms with Crippen LogP contribution in [0.15, 0.2) is 48.5 Å². The first kappa shape index (κ1) is 18.8. The number of para-hydroxylation sites is 1. The summed E-state index contributed by atoms with van der Waals surface area (Å²) in [6.07, 6.45) is 1.00. The summed E-state index contributed by atoms with van der Waals surface area (Å²) in [5, 5.41) is 27.8. The second kappa shape index (κ2) is 8.18. The highest BCUT2D eigenvalue weighted by Crippen LogP contribution is 2.25. The molecule has 0 radical (unpaired) electrons. The van der Waals surface area contributed by atoms with Crippen molar-refractivity contribution in [3.05, 3.63) is 75.7 Å². The average Bonchev–Trinajstić information content (AvgIpc) is 3.02. The molecular weight excluding hydrogens is 363 g/mol. The molecule has 142 valence electrons. The van der Waals surface area contributed by atoms with E-state index in [1.807, 2.05) is 30.3 Å². The highest BCUT2D eigenvalue weighted by molar-refractivity contribution is 5.61. The minimum atomic E-state index is -0.669. The van der Waals surface area contributed by atoms with Crippen LogP contribution >= 0.6 is 0 Å². The van der Waals surface area contributed by atoms with Crippen molar-refractivity contribution in [3.8, 4) is 11.8 Å². The number of aryl methyl sites for hydroxylation is 1. The van der Waals surface area contributed by atoms with Gasteiger partial charge in [-0.05, 0) is 37.1 Å². The minimum Gasteiger partial charge on any atom is -0.382 e. The SMILES string of the molecule is N#Cc1c(CCCNc2ccc(F)cc2[N+](=O)[O-])nn(-c2ccccc2)c1N. The molecule has 9 heteroatoms. The predicted molar refractivity (Wildman–Crippen MR) is 103 cm³/mol. The molecule has 3 N–H and O–H groups in total. The number of hydrogen-bond donors (Lipinski definition) is 2. The van der Waals surface area contributed by atoms with E-state index in [-0.39, 0.29) is 17.2 Å². The molecular formula is C19H17FN6O2. The lowest BCUT2D eigenvalue weighted by molar-refractivity contribution is -0.384. The number of nitrogen functional groups attached to an aromatic ring is 1. The Hall–Kier alpha value is -3.93. The summed E-state index contributed by atoms with van der Waals surface area (Å²) in [6.45, 7) is 0.384. The quantitative estimate of drug-likeness (QED) is 0.368. The Bertz CT molecular complexity index is 1040. The van der Waals surface area contributed by atoms with Crippen LogP contribution in [0, 0.1) is 27.3 Å². The van der Waals surface area contributed by atoms with Crippen molar-refractivity contribution >= 4 is 17.2 Å². The maximum Gasteiger partial charge on any atom is 0.295 e. The molecule has 0 aliphatic heterocycles. The van der Waals surface area contributed by atoms with E-state index in [0.717, 1.165) is 17.8 Å². The van der Waals surface area contributed by atoms with Crippen LogP contribution in [0.1, 0.15) is 17.7 Å². The van der Waals surface area contributed by atoms with Crippen molar-refractivity contribution in [1.82, 2.24) is 9.78 Å². The number of hydrogen-bond acceptors (Lipinski definition) is 6. The van der Waals surface area contributed by atoms with Gasteiger partial charge in [-0.15, -0.1) is 0 Å². The van der Waals surface area contributed by atoms with Gasteiger partial charge in [0.05, 0.1) is 22.4 Å². The van der Waals surface area contributed by atoms with Crippen molar-refractivity contribution in [3.63, 3.8) is 0 Å². The number of halogens is 1. The van der Waals surface area contributed by atoms with Gasteiger partial charge in [-0.1, -0.05) is 18.2 Å². The molecule has 0 amide bonds. The average molecular weight is 380 g/mol. The van der Waals surface area contributed by atoms with Crippen LogP contribution < -0.4 is 11.1 Å². The van der Waals surface area contributed by atoms with E-state index in [0.29, 0.717) is 30.6 Å². The molecule has 0 atom stereocenters. The van der Waals surface area contributed by atoms with Crippen LogP contribution in [0.5, 0.6) is 0 Å². The molecule has 0 saturated heterocycles. The van der Waals surface area contributed by atoms with Gasteiger partial charge in [0.1, 0.15) is 29.0 Å². The lowest BCUT2D eigenvalue weighted by atomic mass is 10.1. The molecule has 0 aliphatic rings. The molecule has 28 heavy (non-hydrogen) atoms. The minimum absolute atomic E-state index is 0.237. The maximum atomic E-state index is 13.2. The second-order valence-electron chi connectivity index (χ2n) is 6.02. The molecule has 0 spiro atoms. The first-order valence-corrected chi connectivity index (χ1v) is 8.52. The number of nitro benzene ring substituents is 1. The third kappa shape index (κ3) is 3.91. The van der Waals surface area contributed by atoms with E-state index in [1.165, 1.54) is 10.7 Å². The summed E-state index contributed by atoms with van der Waals surface area (Å²) >= 11 is 0. The van der Waals surface area contributed by atoms with Gasteiger partial charge in [-0.3, -0.25) is 10.1 Å². The first-order valence-electron chi connectivity index (χ1n) is 8.52. The standard InChI is InChI=1S/C19H17FN6O2/c20-13-8-9-17(18(11-13)26(27)28)23-10-4-7-16-15(12-21)19(22)25(24-16)14-5-2-1-3-6-14/h1-3,5-6,8-9,11,23H,4,7,10,22H2. The molecule has 2 aromatic carbocycles. The van der Waals surface area contributed by atoms with E-state index in [4.69, 9.17) is 5.73 Å². The fourth-order valence-corrected chi connectivity index (χ4v) is 2.83. The smallest absolute Gasteiger partial charge is 0.295 e. The van der Waals surface area contributed by atoms with Gasteiger partial charge in [-0.25, -0.2) is 9.07 Å². The fraction of sp³-hybridized carbons (Fsp3) is 0.158. The Labute approximate surface area is 160 Å². The molecule has 0 unspecified atom stereocenters. The summed E-state index contributed by atoms with van der Waals surface area (Å²) in [6, 6.07) is 14.7. The molecule has 8 nitrogen and oxygen atoms in total. The van der Waals surface area contributed by atoms with Crippen molar-refractivity contribution < 1.29 is 9.31 Å². The Morgan fingerprint density at radius 3 is 2.71 bits per heavy atom. The Balaban J connectivity index is 1.69. The topological polar surface area (TPSA) is 123 Å². The third-order valence-corrected chi connectivity index (χ3v) is 4.17. The first-order chi connectivity index (χ1) is 13.5. The lowest BCUT2D eigenvalue weighted by Gasteiger charge is -2.06. The fourth-order valence-electron chi connectivity index (χ4n) is 2.83. The van der Waals surface area contributed by atoms with E-state index in [9.17, 15) is 19.8 Å². The summed E-state index contributed by atoms with van der Waals surface area (Å²) in [7, 11) is 0. The zero-order valence-electron chi connectivity index (χ0n) is 14.8. The van der Waals surface area contributed by atoms with Gasteiger partial charge in [-0.2, -0.15) is 10.4 Å². The van der Waals surface area contributed by atoms with Crippen LogP contribution in [-0.2, 0) is 6.42 Å². The largest absolute Gasteiger partial charge is 0.382 e. The Kier molecular flexibility index (Phi) is 5.50. The number of nitro groups is 1. The van der Waals surface area contributed by atoms with Gasteiger partial charge in [0.25, 0.3) is 5.69 Å². The second-order valence-corrected chi connectivity index (χ2v) is 6.02. The molecule has 3 rings (SSSR count). The normalized spacial score (nSPS) is 10.4. The number of nitriles is 1. The summed E-state index contributed by atoms with van der Waals surface area (Å²) in [4.78, 5) is 10.4. The van der Waals surface area contributed by atoms with Crippen molar-refractivity contribution in [2.24, 2.45) is 0 Å². The van der Waals surface area contributed by atoms with Gasteiger partial charge in [0.2, 0.25) is 0 Å². The van der Waals surface area contributed by atoms with Crippen LogP contribution in [0.3, 0.4) is 0 Å². The molecule has 0 bridgehead atoms. The van der Waals surface area contributed by atoms with Gasteiger partial charge >= 0.3 is 0 Å².